The lowest BCUT2D eigenvalue weighted by Gasteiger charge is -2.26. The fourth-order valence-corrected chi connectivity index (χ4v) is 3.73. The van der Waals surface area contributed by atoms with Crippen molar-refractivity contribution in [2.24, 2.45) is 0 Å². The van der Waals surface area contributed by atoms with Crippen LogP contribution in [0.2, 0.25) is 0 Å². The highest BCUT2D eigenvalue weighted by atomic mass is 32.2. The predicted octanol–water partition coefficient (Wildman–Crippen LogP) is 2.99. The summed E-state index contributed by atoms with van der Waals surface area (Å²) >= 11 is 0. The van der Waals surface area contributed by atoms with E-state index in [4.69, 9.17) is 4.74 Å². The molecule has 22 heavy (non-hydrogen) atoms. The summed E-state index contributed by atoms with van der Waals surface area (Å²) in [6.45, 7) is 3.75. The third-order valence-corrected chi connectivity index (χ3v) is 4.98. The van der Waals surface area contributed by atoms with Gasteiger partial charge in [-0.05, 0) is 50.1 Å². The van der Waals surface area contributed by atoms with Crippen LogP contribution in [0.3, 0.4) is 0 Å². The fourth-order valence-electron chi connectivity index (χ4n) is 2.32. The third-order valence-electron chi connectivity index (χ3n) is 3.27. The van der Waals surface area contributed by atoms with E-state index in [1.165, 1.54) is 0 Å². The Morgan fingerprint density at radius 2 is 1.59 bits per heavy atom. The van der Waals surface area contributed by atoms with Crippen LogP contribution in [0.4, 0.5) is 0 Å². The highest BCUT2D eigenvalue weighted by Gasteiger charge is 2.26. The van der Waals surface area contributed by atoms with E-state index in [1.807, 2.05) is 44.2 Å². The highest BCUT2D eigenvalue weighted by Crippen LogP contribution is 2.19. The van der Waals surface area contributed by atoms with E-state index in [9.17, 15) is 8.42 Å². The molecule has 0 atom stereocenters. The van der Waals surface area contributed by atoms with Crippen molar-refractivity contribution < 1.29 is 13.2 Å². The second-order valence-electron chi connectivity index (χ2n) is 5.83. The molecule has 0 amide bonds. The largest absolute Gasteiger partial charge is 0.497 e. The van der Waals surface area contributed by atoms with E-state index in [0.29, 0.717) is 12.2 Å². The molecule has 0 saturated heterocycles. The Labute approximate surface area is 132 Å². The number of rotatable bonds is 6. The van der Waals surface area contributed by atoms with Crippen molar-refractivity contribution in [2.45, 2.75) is 30.7 Å². The van der Waals surface area contributed by atoms with Gasteiger partial charge in [0.05, 0.1) is 12.0 Å². The van der Waals surface area contributed by atoms with Crippen LogP contribution >= 0.6 is 0 Å². The van der Waals surface area contributed by atoms with Gasteiger partial charge in [0.25, 0.3) is 0 Å². The first-order valence-corrected chi connectivity index (χ1v) is 8.53. The summed E-state index contributed by atoms with van der Waals surface area (Å²) in [6, 6.07) is 16.2. The lowest BCUT2D eigenvalue weighted by Crippen LogP contribution is -2.44. The van der Waals surface area contributed by atoms with Gasteiger partial charge in [0, 0.05) is 5.54 Å². The summed E-state index contributed by atoms with van der Waals surface area (Å²) in [6.07, 6.45) is 0.614. The van der Waals surface area contributed by atoms with Crippen LogP contribution < -0.4 is 9.46 Å². The van der Waals surface area contributed by atoms with Crippen molar-refractivity contribution >= 4 is 10.0 Å². The maximum atomic E-state index is 12.5. The molecule has 5 heteroatoms. The number of benzene rings is 2. The van der Waals surface area contributed by atoms with Gasteiger partial charge in [-0.25, -0.2) is 13.1 Å². The van der Waals surface area contributed by atoms with E-state index in [2.05, 4.69) is 4.72 Å². The average Bonchev–Trinajstić information content (AvgIpc) is 2.46. The Morgan fingerprint density at radius 3 is 2.14 bits per heavy atom. The van der Waals surface area contributed by atoms with Gasteiger partial charge in [-0.15, -0.1) is 0 Å². The Hall–Kier alpha value is -1.85. The SMILES string of the molecule is COc1ccc(S(=O)(=O)NC(C)(C)Cc2ccccc2)cc1. The number of ether oxygens (including phenoxy) is 1. The molecule has 0 radical (unpaired) electrons. The normalized spacial score (nSPS) is 12.1. The first kappa shape index (κ1) is 16.5. The molecule has 2 aromatic rings. The maximum absolute atomic E-state index is 12.5. The Kier molecular flexibility index (Phi) is 4.88. The molecule has 0 aliphatic rings. The van der Waals surface area contributed by atoms with Crippen LogP contribution in [-0.4, -0.2) is 21.1 Å². The van der Waals surface area contributed by atoms with Gasteiger partial charge in [-0.3, -0.25) is 0 Å². The summed E-state index contributed by atoms with van der Waals surface area (Å²) in [5.41, 5.74) is 0.505. The van der Waals surface area contributed by atoms with Gasteiger partial charge in [0.1, 0.15) is 5.75 Å². The molecule has 0 bridgehead atoms. The molecular formula is C17H21NO3S. The van der Waals surface area contributed by atoms with Gasteiger partial charge in [0.2, 0.25) is 10.0 Å². The highest BCUT2D eigenvalue weighted by molar-refractivity contribution is 7.89. The zero-order chi connectivity index (χ0) is 16.2. The Balaban J connectivity index is 2.15. The minimum atomic E-state index is -3.57. The molecule has 0 heterocycles. The predicted molar refractivity (Wildman–Crippen MR) is 87.5 cm³/mol. The molecule has 118 valence electrons. The van der Waals surface area contributed by atoms with Crippen molar-refractivity contribution in [1.82, 2.24) is 4.72 Å². The summed E-state index contributed by atoms with van der Waals surface area (Å²) in [5.74, 6) is 0.627. The molecule has 4 nitrogen and oxygen atoms in total. The molecular weight excluding hydrogens is 298 g/mol. The molecule has 2 rings (SSSR count). The second kappa shape index (κ2) is 6.50. The van der Waals surface area contributed by atoms with Gasteiger partial charge in [-0.1, -0.05) is 30.3 Å². The molecule has 0 aliphatic heterocycles. The maximum Gasteiger partial charge on any atom is 0.241 e. The quantitative estimate of drug-likeness (QED) is 0.890. The molecule has 0 aromatic heterocycles. The fraction of sp³-hybridized carbons (Fsp3) is 0.294. The van der Waals surface area contributed by atoms with Crippen LogP contribution in [0.25, 0.3) is 0 Å². The molecule has 0 aliphatic carbocycles. The van der Waals surface area contributed by atoms with E-state index in [-0.39, 0.29) is 4.90 Å². The van der Waals surface area contributed by atoms with Gasteiger partial charge >= 0.3 is 0 Å². The summed E-state index contributed by atoms with van der Waals surface area (Å²) in [5, 5.41) is 0. The lowest BCUT2D eigenvalue weighted by atomic mass is 9.96. The van der Waals surface area contributed by atoms with E-state index < -0.39 is 15.6 Å². The third kappa shape index (κ3) is 4.32. The molecule has 1 N–H and O–H groups in total. The standard InChI is InChI=1S/C17H21NO3S/c1-17(2,13-14-7-5-4-6-8-14)18-22(19,20)16-11-9-15(21-3)10-12-16/h4-12,18H,13H2,1-3H3. The molecule has 0 spiro atoms. The second-order valence-corrected chi connectivity index (χ2v) is 7.51. The van der Waals surface area contributed by atoms with E-state index >= 15 is 0 Å². The van der Waals surface area contributed by atoms with E-state index in [1.54, 1.807) is 31.4 Å². The van der Waals surface area contributed by atoms with Crippen LogP contribution in [0.15, 0.2) is 59.5 Å². The van der Waals surface area contributed by atoms with Gasteiger partial charge in [-0.2, -0.15) is 0 Å². The van der Waals surface area contributed by atoms with Crippen molar-refractivity contribution in [1.29, 1.82) is 0 Å². The molecule has 0 unspecified atom stereocenters. The summed E-state index contributed by atoms with van der Waals surface area (Å²) in [7, 11) is -2.02. The zero-order valence-corrected chi connectivity index (χ0v) is 13.9. The lowest BCUT2D eigenvalue weighted by molar-refractivity contribution is 0.414. The molecule has 0 saturated carbocycles. The molecule has 2 aromatic carbocycles. The van der Waals surface area contributed by atoms with Crippen molar-refractivity contribution in [3.05, 3.63) is 60.2 Å². The van der Waals surface area contributed by atoms with Gasteiger partial charge < -0.3 is 4.74 Å². The first-order valence-electron chi connectivity index (χ1n) is 7.04. The average molecular weight is 319 g/mol. The summed E-state index contributed by atoms with van der Waals surface area (Å²) < 4.78 is 32.8. The Bertz CT molecular complexity index is 707. The zero-order valence-electron chi connectivity index (χ0n) is 13.0. The number of hydrogen-bond donors (Lipinski definition) is 1. The number of hydrogen-bond acceptors (Lipinski definition) is 3. The van der Waals surface area contributed by atoms with Crippen molar-refractivity contribution in [2.75, 3.05) is 7.11 Å². The number of nitrogens with one attached hydrogen (secondary N) is 1. The van der Waals surface area contributed by atoms with Gasteiger partial charge in [0.15, 0.2) is 0 Å². The van der Waals surface area contributed by atoms with E-state index in [0.717, 1.165) is 5.56 Å². The summed E-state index contributed by atoms with van der Waals surface area (Å²) in [4.78, 5) is 0.231. The minimum absolute atomic E-state index is 0.231. The smallest absolute Gasteiger partial charge is 0.241 e. The molecule has 0 fully saturated rings. The van der Waals surface area contributed by atoms with Crippen molar-refractivity contribution in [3.8, 4) is 5.75 Å². The first-order chi connectivity index (χ1) is 10.3. The van der Waals surface area contributed by atoms with Crippen LogP contribution in [0.5, 0.6) is 5.75 Å². The monoisotopic (exact) mass is 319 g/mol. The topological polar surface area (TPSA) is 55.4 Å². The van der Waals surface area contributed by atoms with Crippen LogP contribution in [0, 0.1) is 0 Å². The number of sulfonamides is 1. The van der Waals surface area contributed by atoms with Crippen LogP contribution in [-0.2, 0) is 16.4 Å². The van der Waals surface area contributed by atoms with Crippen LogP contribution in [0.1, 0.15) is 19.4 Å². The Morgan fingerprint density at radius 1 is 1.00 bits per heavy atom. The van der Waals surface area contributed by atoms with Crippen molar-refractivity contribution in [3.63, 3.8) is 0 Å². The minimum Gasteiger partial charge on any atom is -0.497 e. The number of methoxy groups -OCH3 is 1.